The first-order chi connectivity index (χ1) is 20.3. The van der Waals surface area contributed by atoms with Crippen molar-refractivity contribution in [3.8, 4) is 5.75 Å². The third kappa shape index (κ3) is 8.82. The number of nitrogens with one attached hydrogen (secondary N) is 3. The summed E-state index contributed by atoms with van der Waals surface area (Å²) in [5.41, 5.74) is 4.19. The Balaban J connectivity index is 1.38. The molecular formula is C31H22Br2N4O5. The van der Waals surface area contributed by atoms with Crippen LogP contribution in [0.2, 0.25) is 0 Å². The summed E-state index contributed by atoms with van der Waals surface area (Å²) in [6.07, 6.45) is 4.15. The molecule has 42 heavy (non-hydrogen) atoms. The molecule has 3 N–H and O–H groups in total. The van der Waals surface area contributed by atoms with Gasteiger partial charge in [0, 0.05) is 26.3 Å². The van der Waals surface area contributed by atoms with Crippen molar-refractivity contribution in [2.75, 3.05) is 10.6 Å². The molecule has 0 spiro atoms. The maximum absolute atomic E-state index is 12.8. The molecule has 0 heterocycles. The average molecular weight is 690 g/mol. The first kappa shape index (κ1) is 30.1. The predicted octanol–water partition coefficient (Wildman–Crippen LogP) is 6.17. The normalized spacial score (nSPS) is 10.8. The molecule has 210 valence electrons. The second kappa shape index (κ2) is 14.7. The number of halogens is 2. The number of para-hydroxylation sites is 1. The van der Waals surface area contributed by atoms with Crippen LogP contribution in [0.1, 0.15) is 21.5 Å². The van der Waals surface area contributed by atoms with Crippen molar-refractivity contribution >= 4 is 79.2 Å². The number of esters is 1. The number of hydrogen-bond donors (Lipinski definition) is 3. The summed E-state index contributed by atoms with van der Waals surface area (Å²) < 4.78 is 6.95. The quantitative estimate of drug-likeness (QED) is 0.0510. The van der Waals surface area contributed by atoms with Gasteiger partial charge in [-0.2, -0.15) is 5.10 Å². The van der Waals surface area contributed by atoms with Gasteiger partial charge >= 0.3 is 17.8 Å². The molecule has 0 aliphatic carbocycles. The zero-order chi connectivity index (χ0) is 29.9. The molecule has 9 nitrogen and oxygen atoms in total. The van der Waals surface area contributed by atoms with E-state index in [9.17, 15) is 19.2 Å². The van der Waals surface area contributed by atoms with E-state index in [1.165, 1.54) is 24.4 Å². The Labute approximate surface area is 257 Å². The van der Waals surface area contributed by atoms with E-state index >= 15 is 0 Å². The van der Waals surface area contributed by atoms with E-state index in [2.05, 4.69) is 53.0 Å². The Morgan fingerprint density at radius 3 is 2.19 bits per heavy atom. The minimum absolute atomic E-state index is 0.140. The molecule has 4 aromatic carbocycles. The van der Waals surface area contributed by atoms with Crippen LogP contribution in [0.15, 0.2) is 117 Å². The summed E-state index contributed by atoms with van der Waals surface area (Å²) in [6.45, 7) is 0. The van der Waals surface area contributed by atoms with Gasteiger partial charge in [-0.15, -0.1) is 0 Å². The van der Waals surface area contributed by atoms with Gasteiger partial charge in [-0.25, -0.2) is 10.2 Å². The fourth-order valence-corrected chi connectivity index (χ4v) is 4.14. The fourth-order valence-electron chi connectivity index (χ4n) is 3.50. The predicted molar refractivity (Wildman–Crippen MR) is 168 cm³/mol. The molecule has 0 atom stereocenters. The number of ether oxygens (including phenoxy) is 1. The van der Waals surface area contributed by atoms with Gasteiger partial charge in [-0.3, -0.25) is 14.4 Å². The Morgan fingerprint density at radius 1 is 0.738 bits per heavy atom. The monoisotopic (exact) mass is 688 g/mol. The summed E-state index contributed by atoms with van der Waals surface area (Å²) in [4.78, 5) is 50.2. The molecule has 11 heteroatoms. The first-order valence-electron chi connectivity index (χ1n) is 12.3. The number of nitrogens with zero attached hydrogens (tertiary/aromatic N) is 1. The second-order valence-corrected chi connectivity index (χ2v) is 10.3. The zero-order valence-electron chi connectivity index (χ0n) is 21.7. The van der Waals surface area contributed by atoms with Crippen LogP contribution >= 0.6 is 31.9 Å². The van der Waals surface area contributed by atoms with Crippen LogP contribution in [0, 0.1) is 0 Å². The first-order valence-corrected chi connectivity index (χ1v) is 13.9. The molecule has 0 saturated heterocycles. The smallest absolute Gasteiger partial charge is 0.336 e. The van der Waals surface area contributed by atoms with Crippen molar-refractivity contribution in [1.29, 1.82) is 0 Å². The van der Waals surface area contributed by atoms with Gasteiger partial charge in [0.05, 0.1) is 17.5 Å². The van der Waals surface area contributed by atoms with E-state index in [0.29, 0.717) is 15.7 Å². The number of hydrogen-bond acceptors (Lipinski definition) is 6. The Bertz CT molecular complexity index is 1670. The summed E-state index contributed by atoms with van der Waals surface area (Å²) >= 11 is 6.68. The van der Waals surface area contributed by atoms with E-state index < -0.39 is 23.7 Å². The number of carbonyl (C=O) groups is 4. The van der Waals surface area contributed by atoms with Crippen molar-refractivity contribution in [3.05, 3.63) is 129 Å². The van der Waals surface area contributed by atoms with Crippen LogP contribution in [0.5, 0.6) is 5.75 Å². The highest BCUT2D eigenvalue weighted by atomic mass is 79.9. The minimum Gasteiger partial charge on any atom is -0.423 e. The van der Waals surface area contributed by atoms with Crippen LogP contribution in [0.3, 0.4) is 0 Å². The molecule has 3 amide bonds. The molecule has 0 fully saturated rings. The fraction of sp³-hybridized carbons (Fsp3) is 0. The van der Waals surface area contributed by atoms with Crippen molar-refractivity contribution < 1.29 is 23.9 Å². The summed E-state index contributed by atoms with van der Waals surface area (Å²) in [5.74, 6) is -3.00. The minimum atomic E-state index is -1.08. The van der Waals surface area contributed by atoms with Crippen LogP contribution in [-0.2, 0) is 14.4 Å². The second-order valence-electron chi connectivity index (χ2n) is 8.51. The standard InChI is InChI=1S/C31H22Br2N4O5/c32-22-11-14-24(15-12-22)35-29(39)25-8-4-5-9-26(25)36-30(40)31(41)37-34-19-21-18-23(33)13-16-27(21)42-28(38)17-10-20-6-2-1-3-7-20/h1-19H,(H,35,39)(H,36,40)(H,37,41)/b17-10+,34-19+. The van der Waals surface area contributed by atoms with Gasteiger partial charge in [0.1, 0.15) is 5.75 Å². The highest BCUT2D eigenvalue weighted by Crippen LogP contribution is 2.22. The molecule has 0 unspecified atom stereocenters. The number of hydrazone groups is 1. The van der Waals surface area contributed by atoms with E-state index in [1.54, 1.807) is 60.7 Å². The Morgan fingerprint density at radius 2 is 1.43 bits per heavy atom. The maximum atomic E-state index is 12.8. The lowest BCUT2D eigenvalue weighted by Gasteiger charge is -2.11. The van der Waals surface area contributed by atoms with Crippen molar-refractivity contribution in [2.45, 2.75) is 0 Å². The van der Waals surface area contributed by atoms with Gasteiger partial charge < -0.3 is 15.4 Å². The van der Waals surface area contributed by atoms with Crippen molar-refractivity contribution in [3.63, 3.8) is 0 Å². The zero-order valence-corrected chi connectivity index (χ0v) is 24.9. The molecule has 0 saturated carbocycles. The summed E-state index contributed by atoms with van der Waals surface area (Å²) in [5, 5.41) is 9.00. The molecular weight excluding hydrogens is 668 g/mol. The SMILES string of the molecule is O=C(/C=C/c1ccccc1)Oc1ccc(Br)cc1/C=N/NC(=O)C(=O)Nc1ccccc1C(=O)Nc1ccc(Br)cc1. The number of benzene rings is 4. The van der Waals surface area contributed by atoms with E-state index in [4.69, 9.17) is 4.74 Å². The molecule has 0 bridgehead atoms. The van der Waals surface area contributed by atoms with E-state index in [1.807, 2.05) is 30.3 Å². The van der Waals surface area contributed by atoms with Gasteiger partial charge in [0.25, 0.3) is 5.91 Å². The van der Waals surface area contributed by atoms with Crippen molar-refractivity contribution in [2.24, 2.45) is 5.10 Å². The van der Waals surface area contributed by atoms with E-state index in [-0.39, 0.29) is 17.0 Å². The topological polar surface area (TPSA) is 126 Å². The highest BCUT2D eigenvalue weighted by Gasteiger charge is 2.18. The summed E-state index contributed by atoms with van der Waals surface area (Å²) in [6, 6.07) is 27.4. The Kier molecular flexibility index (Phi) is 10.5. The number of amides is 3. The lowest BCUT2D eigenvalue weighted by molar-refractivity contribution is -0.136. The van der Waals surface area contributed by atoms with Gasteiger partial charge in [-0.1, -0.05) is 74.3 Å². The third-order valence-electron chi connectivity index (χ3n) is 5.49. The summed E-state index contributed by atoms with van der Waals surface area (Å²) in [7, 11) is 0. The lowest BCUT2D eigenvalue weighted by Crippen LogP contribution is -2.33. The number of carbonyl (C=O) groups excluding carboxylic acids is 4. The molecule has 4 rings (SSSR count). The van der Waals surface area contributed by atoms with Crippen LogP contribution in [-0.4, -0.2) is 29.9 Å². The van der Waals surface area contributed by atoms with E-state index in [0.717, 1.165) is 10.0 Å². The largest absolute Gasteiger partial charge is 0.423 e. The van der Waals surface area contributed by atoms with Crippen molar-refractivity contribution in [1.82, 2.24) is 5.43 Å². The van der Waals surface area contributed by atoms with Gasteiger partial charge in [0.15, 0.2) is 0 Å². The van der Waals surface area contributed by atoms with Crippen LogP contribution in [0.25, 0.3) is 6.08 Å². The number of rotatable bonds is 8. The molecule has 0 aliphatic rings. The van der Waals surface area contributed by atoms with Gasteiger partial charge in [0.2, 0.25) is 0 Å². The van der Waals surface area contributed by atoms with Gasteiger partial charge in [-0.05, 0) is 66.2 Å². The maximum Gasteiger partial charge on any atom is 0.336 e. The lowest BCUT2D eigenvalue weighted by atomic mass is 10.1. The Hall–Kier alpha value is -4.87. The van der Waals surface area contributed by atoms with Crippen LogP contribution in [0.4, 0.5) is 11.4 Å². The molecule has 0 aromatic heterocycles. The van der Waals surface area contributed by atoms with Crippen LogP contribution < -0.4 is 20.8 Å². The average Bonchev–Trinajstić information content (AvgIpc) is 2.99. The molecule has 0 radical (unpaired) electrons. The molecule has 4 aromatic rings. The third-order valence-corrected chi connectivity index (χ3v) is 6.51. The highest BCUT2D eigenvalue weighted by molar-refractivity contribution is 9.10. The molecule has 0 aliphatic heterocycles. The number of anilines is 2.